The summed E-state index contributed by atoms with van der Waals surface area (Å²) in [6, 6.07) is 8.28. The minimum Gasteiger partial charge on any atom is -0.354 e. The third-order valence-electron chi connectivity index (χ3n) is 5.74. The highest BCUT2D eigenvalue weighted by atomic mass is 19.4. The molecule has 0 atom stereocenters. The van der Waals surface area contributed by atoms with E-state index in [9.17, 15) is 18.0 Å². The Hall–Kier alpha value is -2.88. The average Bonchev–Trinajstić information content (AvgIpc) is 2.80. The summed E-state index contributed by atoms with van der Waals surface area (Å²) in [7, 11) is 0. The maximum absolute atomic E-state index is 12.7. The van der Waals surface area contributed by atoms with Crippen molar-refractivity contribution in [3.05, 3.63) is 48.3 Å². The first-order valence-corrected chi connectivity index (χ1v) is 10.3. The fraction of sp³-hybridized carbons (Fsp3) is 0.476. The largest absolute Gasteiger partial charge is 0.417 e. The van der Waals surface area contributed by atoms with Crippen molar-refractivity contribution < 1.29 is 18.0 Å². The Morgan fingerprint density at radius 1 is 0.839 bits per heavy atom. The Bertz CT molecular complexity index is 861. The fourth-order valence-corrected chi connectivity index (χ4v) is 3.89. The number of carbonyl (C=O) groups is 1. The molecule has 4 heterocycles. The molecular formula is C21H25F3N6O. The standard InChI is InChI=1S/C21H25F3N6O/c22-21(23,24)17-4-5-19(26-15-17)28-9-7-27(8-10-28)16-20(31)30-13-11-29(12-14-30)18-3-1-2-6-25-18/h1-6,15H,7-14,16H2. The van der Waals surface area contributed by atoms with E-state index in [1.54, 1.807) is 6.20 Å². The first kappa shape index (κ1) is 21.4. The van der Waals surface area contributed by atoms with Gasteiger partial charge in [-0.05, 0) is 24.3 Å². The van der Waals surface area contributed by atoms with Gasteiger partial charge in [-0.25, -0.2) is 9.97 Å². The lowest BCUT2D eigenvalue weighted by Crippen LogP contribution is -2.54. The van der Waals surface area contributed by atoms with Crippen LogP contribution in [0.5, 0.6) is 0 Å². The van der Waals surface area contributed by atoms with E-state index in [4.69, 9.17) is 0 Å². The zero-order valence-electron chi connectivity index (χ0n) is 17.1. The van der Waals surface area contributed by atoms with Crippen LogP contribution in [-0.4, -0.2) is 84.6 Å². The van der Waals surface area contributed by atoms with E-state index in [1.165, 1.54) is 6.07 Å². The molecule has 4 rings (SSSR count). The SMILES string of the molecule is O=C(CN1CCN(c2ccc(C(F)(F)F)cn2)CC1)N1CCN(c2ccccn2)CC1. The summed E-state index contributed by atoms with van der Waals surface area (Å²) >= 11 is 0. The van der Waals surface area contributed by atoms with Gasteiger partial charge in [0.2, 0.25) is 5.91 Å². The smallest absolute Gasteiger partial charge is 0.354 e. The molecule has 0 saturated carbocycles. The van der Waals surface area contributed by atoms with E-state index in [1.807, 2.05) is 28.0 Å². The van der Waals surface area contributed by atoms with Gasteiger partial charge in [0.25, 0.3) is 0 Å². The maximum atomic E-state index is 12.7. The van der Waals surface area contributed by atoms with Gasteiger partial charge in [-0.3, -0.25) is 9.69 Å². The Morgan fingerprint density at radius 3 is 2.03 bits per heavy atom. The van der Waals surface area contributed by atoms with Crippen LogP contribution in [-0.2, 0) is 11.0 Å². The van der Waals surface area contributed by atoms with Gasteiger partial charge in [0, 0.05) is 64.8 Å². The lowest BCUT2D eigenvalue weighted by Gasteiger charge is -2.38. The van der Waals surface area contributed by atoms with E-state index in [0.717, 1.165) is 31.2 Å². The summed E-state index contributed by atoms with van der Waals surface area (Å²) in [6.07, 6.45) is -1.74. The number of aromatic nitrogens is 2. The van der Waals surface area contributed by atoms with Gasteiger partial charge >= 0.3 is 6.18 Å². The van der Waals surface area contributed by atoms with Gasteiger partial charge in [0.1, 0.15) is 11.6 Å². The molecule has 0 radical (unpaired) electrons. The number of piperazine rings is 2. The van der Waals surface area contributed by atoms with Crippen molar-refractivity contribution in [1.82, 2.24) is 19.8 Å². The number of amides is 1. The fourth-order valence-electron chi connectivity index (χ4n) is 3.89. The van der Waals surface area contributed by atoms with Crippen molar-refractivity contribution in [3.8, 4) is 0 Å². The van der Waals surface area contributed by atoms with Crippen LogP contribution in [0.25, 0.3) is 0 Å². The van der Waals surface area contributed by atoms with Crippen molar-refractivity contribution in [3.63, 3.8) is 0 Å². The van der Waals surface area contributed by atoms with Crippen LogP contribution in [0.15, 0.2) is 42.7 Å². The molecule has 10 heteroatoms. The summed E-state index contributed by atoms with van der Waals surface area (Å²) in [5, 5.41) is 0. The highest BCUT2D eigenvalue weighted by Gasteiger charge is 2.31. The molecule has 2 aromatic rings. The summed E-state index contributed by atoms with van der Waals surface area (Å²) in [6.45, 7) is 5.81. The minimum absolute atomic E-state index is 0.113. The zero-order valence-corrected chi connectivity index (χ0v) is 17.1. The number of anilines is 2. The van der Waals surface area contributed by atoms with Crippen molar-refractivity contribution in [1.29, 1.82) is 0 Å². The van der Waals surface area contributed by atoms with Crippen molar-refractivity contribution >= 4 is 17.5 Å². The quantitative estimate of drug-likeness (QED) is 0.734. The van der Waals surface area contributed by atoms with E-state index >= 15 is 0 Å². The molecule has 0 aliphatic carbocycles. The van der Waals surface area contributed by atoms with Crippen LogP contribution in [0.4, 0.5) is 24.8 Å². The number of hydrogen-bond acceptors (Lipinski definition) is 6. The number of nitrogens with zero attached hydrogens (tertiary/aromatic N) is 6. The van der Waals surface area contributed by atoms with Gasteiger partial charge in [-0.15, -0.1) is 0 Å². The van der Waals surface area contributed by atoms with E-state index in [-0.39, 0.29) is 5.91 Å². The number of pyridine rings is 2. The molecule has 2 fully saturated rings. The molecule has 2 aliphatic rings. The van der Waals surface area contributed by atoms with Crippen molar-refractivity contribution in [2.45, 2.75) is 6.18 Å². The topological polar surface area (TPSA) is 55.8 Å². The van der Waals surface area contributed by atoms with Crippen LogP contribution in [0.2, 0.25) is 0 Å². The molecule has 31 heavy (non-hydrogen) atoms. The molecule has 2 aromatic heterocycles. The van der Waals surface area contributed by atoms with E-state index < -0.39 is 11.7 Å². The molecule has 0 aromatic carbocycles. The van der Waals surface area contributed by atoms with Crippen LogP contribution < -0.4 is 9.80 Å². The maximum Gasteiger partial charge on any atom is 0.417 e. The predicted molar refractivity (Wildman–Crippen MR) is 111 cm³/mol. The third-order valence-corrected chi connectivity index (χ3v) is 5.74. The highest BCUT2D eigenvalue weighted by molar-refractivity contribution is 5.78. The summed E-state index contributed by atoms with van der Waals surface area (Å²) in [5.41, 5.74) is -0.747. The lowest BCUT2D eigenvalue weighted by atomic mass is 10.2. The molecule has 1 amide bonds. The Balaban J connectivity index is 1.22. The van der Waals surface area contributed by atoms with Crippen LogP contribution >= 0.6 is 0 Å². The van der Waals surface area contributed by atoms with Crippen molar-refractivity contribution in [2.75, 3.05) is 68.7 Å². The third kappa shape index (κ3) is 5.25. The first-order valence-electron chi connectivity index (χ1n) is 10.3. The average molecular weight is 434 g/mol. The highest BCUT2D eigenvalue weighted by Crippen LogP contribution is 2.29. The Labute approximate surface area is 179 Å². The van der Waals surface area contributed by atoms with Crippen molar-refractivity contribution in [2.24, 2.45) is 0 Å². The number of hydrogen-bond donors (Lipinski definition) is 0. The Kier molecular flexibility index (Phi) is 6.26. The molecule has 0 spiro atoms. The van der Waals surface area contributed by atoms with Gasteiger partial charge in [0.15, 0.2) is 0 Å². The summed E-state index contributed by atoms with van der Waals surface area (Å²) in [4.78, 5) is 29.2. The molecule has 0 unspecified atom stereocenters. The first-order chi connectivity index (χ1) is 14.9. The molecule has 0 N–H and O–H groups in total. The number of rotatable bonds is 4. The molecule has 166 valence electrons. The van der Waals surface area contributed by atoms with Gasteiger partial charge in [-0.1, -0.05) is 6.07 Å². The zero-order chi connectivity index (χ0) is 21.8. The number of carbonyl (C=O) groups excluding carboxylic acids is 1. The summed E-state index contributed by atoms with van der Waals surface area (Å²) < 4.78 is 38.1. The van der Waals surface area contributed by atoms with Gasteiger partial charge < -0.3 is 14.7 Å². The predicted octanol–water partition coefficient (Wildman–Crippen LogP) is 1.97. The molecular weight excluding hydrogens is 409 g/mol. The van der Waals surface area contributed by atoms with Gasteiger partial charge in [0.05, 0.1) is 12.1 Å². The second-order valence-electron chi connectivity index (χ2n) is 7.72. The second-order valence-corrected chi connectivity index (χ2v) is 7.72. The molecule has 2 saturated heterocycles. The van der Waals surface area contributed by atoms with Crippen LogP contribution in [0, 0.1) is 0 Å². The van der Waals surface area contributed by atoms with E-state index in [2.05, 4.69) is 19.8 Å². The monoisotopic (exact) mass is 434 g/mol. The lowest BCUT2D eigenvalue weighted by molar-refractivity contribution is -0.137. The number of halogens is 3. The summed E-state index contributed by atoms with van der Waals surface area (Å²) in [5.74, 6) is 1.58. The van der Waals surface area contributed by atoms with E-state index in [0.29, 0.717) is 51.6 Å². The number of alkyl halides is 3. The minimum atomic E-state index is -4.38. The molecule has 7 nitrogen and oxygen atoms in total. The normalized spacial score (nSPS) is 18.4. The van der Waals surface area contributed by atoms with Gasteiger partial charge in [-0.2, -0.15) is 13.2 Å². The Morgan fingerprint density at radius 2 is 1.48 bits per heavy atom. The van der Waals surface area contributed by atoms with Crippen LogP contribution in [0.3, 0.4) is 0 Å². The van der Waals surface area contributed by atoms with Crippen LogP contribution in [0.1, 0.15) is 5.56 Å². The second kappa shape index (κ2) is 9.09. The molecule has 0 bridgehead atoms. The molecule has 2 aliphatic heterocycles.